The van der Waals surface area contributed by atoms with Crippen LogP contribution in [0.25, 0.3) is 0 Å². The molecular formula is C13H17NO3. The Labute approximate surface area is 101 Å². The van der Waals surface area contributed by atoms with Gasteiger partial charge in [0, 0.05) is 13.3 Å². The van der Waals surface area contributed by atoms with Gasteiger partial charge in [-0.2, -0.15) is 4.99 Å². The highest BCUT2D eigenvalue weighted by Crippen LogP contribution is 2.09. The molecule has 0 heterocycles. The molecule has 0 fully saturated rings. The maximum atomic E-state index is 11.4. The van der Waals surface area contributed by atoms with Gasteiger partial charge >= 0.3 is 6.09 Å². The number of para-hydroxylation sites is 1. The molecule has 1 rings (SSSR count). The van der Waals surface area contributed by atoms with Gasteiger partial charge in [0.05, 0.1) is 6.10 Å². The molecule has 0 spiro atoms. The first-order valence-corrected chi connectivity index (χ1v) is 5.60. The third kappa shape index (κ3) is 5.26. The van der Waals surface area contributed by atoms with Gasteiger partial charge in [-0.1, -0.05) is 31.5 Å². The summed E-state index contributed by atoms with van der Waals surface area (Å²) in [7, 11) is 1.59. The van der Waals surface area contributed by atoms with Crippen LogP contribution in [0.4, 0.5) is 4.79 Å². The second kappa shape index (κ2) is 7.57. The van der Waals surface area contributed by atoms with E-state index < -0.39 is 6.09 Å². The molecule has 0 bridgehead atoms. The molecule has 1 aromatic carbocycles. The number of amides is 1. The van der Waals surface area contributed by atoms with Crippen molar-refractivity contribution in [3.05, 3.63) is 30.3 Å². The molecule has 0 saturated carbocycles. The van der Waals surface area contributed by atoms with E-state index in [0.717, 1.165) is 12.8 Å². The summed E-state index contributed by atoms with van der Waals surface area (Å²) < 4.78 is 10.1. The first kappa shape index (κ1) is 13.4. The molecule has 0 aliphatic heterocycles. The molecule has 0 N–H and O–H groups in total. The van der Waals surface area contributed by atoms with E-state index in [9.17, 15) is 4.79 Å². The zero-order valence-corrected chi connectivity index (χ0v) is 10.1. The molecule has 0 aromatic heterocycles. The van der Waals surface area contributed by atoms with Gasteiger partial charge in [-0.3, -0.25) is 0 Å². The molecule has 92 valence electrons. The quantitative estimate of drug-likeness (QED) is 0.737. The van der Waals surface area contributed by atoms with Crippen LogP contribution in [0.2, 0.25) is 0 Å². The minimum Gasteiger partial charge on any atom is -0.409 e. The lowest BCUT2D eigenvalue weighted by Gasteiger charge is -2.07. The number of rotatable bonds is 5. The first-order valence-electron chi connectivity index (χ1n) is 5.60. The standard InChI is InChI=1S/C13H17NO3/c1-3-7-12(16-2)10-14-13(15)17-11-8-5-4-6-9-11/h4-6,8-10,12H,3,7H2,1-2H3/b14-10-. The van der Waals surface area contributed by atoms with Crippen molar-refractivity contribution in [3.63, 3.8) is 0 Å². The number of nitrogens with zero attached hydrogens (tertiary/aromatic N) is 1. The number of aliphatic imine (C=N–C) groups is 1. The molecular weight excluding hydrogens is 218 g/mol. The van der Waals surface area contributed by atoms with Gasteiger partial charge in [0.1, 0.15) is 5.75 Å². The van der Waals surface area contributed by atoms with Crippen LogP contribution in [0.3, 0.4) is 0 Å². The first-order chi connectivity index (χ1) is 8.26. The van der Waals surface area contributed by atoms with E-state index in [1.807, 2.05) is 13.0 Å². The number of carbonyl (C=O) groups is 1. The fourth-order valence-corrected chi connectivity index (χ4v) is 1.30. The van der Waals surface area contributed by atoms with Gasteiger partial charge in [-0.15, -0.1) is 0 Å². The number of carbonyl (C=O) groups excluding carboxylic acids is 1. The van der Waals surface area contributed by atoms with E-state index in [2.05, 4.69) is 4.99 Å². The summed E-state index contributed by atoms with van der Waals surface area (Å²) in [5.41, 5.74) is 0. The minimum absolute atomic E-state index is 0.136. The Kier molecular flexibility index (Phi) is 5.96. The number of hydrogen-bond donors (Lipinski definition) is 0. The molecule has 0 aliphatic rings. The fourth-order valence-electron chi connectivity index (χ4n) is 1.30. The molecule has 1 aromatic rings. The van der Waals surface area contributed by atoms with Gasteiger partial charge in [0.2, 0.25) is 0 Å². The van der Waals surface area contributed by atoms with Crippen LogP contribution >= 0.6 is 0 Å². The van der Waals surface area contributed by atoms with E-state index in [1.165, 1.54) is 6.21 Å². The summed E-state index contributed by atoms with van der Waals surface area (Å²) in [5, 5.41) is 0. The van der Waals surface area contributed by atoms with Crippen LogP contribution in [0.15, 0.2) is 35.3 Å². The molecule has 1 atom stereocenters. The van der Waals surface area contributed by atoms with Crippen molar-refractivity contribution in [1.82, 2.24) is 0 Å². The Morgan fingerprint density at radius 2 is 2.12 bits per heavy atom. The number of benzene rings is 1. The van der Waals surface area contributed by atoms with Crippen LogP contribution in [0.5, 0.6) is 5.75 Å². The summed E-state index contributed by atoms with van der Waals surface area (Å²) in [6.45, 7) is 2.04. The van der Waals surface area contributed by atoms with Crippen molar-refractivity contribution < 1.29 is 14.3 Å². The van der Waals surface area contributed by atoms with Gasteiger partial charge in [0.25, 0.3) is 0 Å². The predicted molar refractivity (Wildman–Crippen MR) is 66.7 cm³/mol. The van der Waals surface area contributed by atoms with E-state index in [4.69, 9.17) is 9.47 Å². The average molecular weight is 235 g/mol. The van der Waals surface area contributed by atoms with Crippen LogP contribution in [-0.2, 0) is 4.74 Å². The van der Waals surface area contributed by atoms with Crippen molar-refractivity contribution in [2.24, 2.45) is 4.99 Å². The van der Waals surface area contributed by atoms with Gasteiger partial charge in [-0.05, 0) is 18.6 Å². The lowest BCUT2D eigenvalue weighted by molar-refractivity contribution is 0.151. The third-order valence-electron chi connectivity index (χ3n) is 2.17. The van der Waals surface area contributed by atoms with Crippen LogP contribution < -0.4 is 4.74 Å². The Bertz CT molecular complexity index is 362. The summed E-state index contributed by atoms with van der Waals surface area (Å²) in [6.07, 6.45) is 2.52. The molecule has 17 heavy (non-hydrogen) atoms. The Hall–Kier alpha value is -1.68. The number of ether oxygens (including phenoxy) is 2. The van der Waals surface area contributed by atoms with Gasteiger partial charge < -0.3 is 9.47 Å². The predicted octanol–water partition coefficient (Wildman–Crippen LogP) is 3.07. The van der Waals surface area contributed by atoms with E-state index >= 15 is 0 Å². The topological polar surface area (TPSA) is 47.9 Å². The molecule has 0 saturated heterocycles. The van der Waals surface area contributed by atoms with Crippen LogP contribution in [0, 0.1) is 0 Å². The highest BCUT2D eigenvalue weighted by atomic mass is 16.5. The number of hydrogen-bond acceptors (Lipinski definition) is 3. The lowest BCUT2D eigenvalue weighted by atomic mass is 10.2. The second-order valence-corrected chi connectivity index (χ2v) is 3.52. The zero-order valence-electron chi connectivity index (χ0n) is 10.1. The smallest absolute Gasteiger partial charge is 0.409 e. The normalized spacial score (nSPS) is 12.6. The molecule has 1 unspecified atom stereocenters. The van der Waals surface area contributed by atoms with Crippen molar-refractivity contribution in [1.29, 1.82) is 0 Å². The van der Waals surface area contributed by atoms with E-state index in [0.29, 0.717) is 5.75 Å². The summed E-state index contributed by atoms with van der Waals surface area (Å²) in [6, 6.07) is 8.84. The maximum absolute atomic E-state index is 11.4. The molecule has 1 amide bonds. The third-order valence-corrected chi connectivity index (χ3v) is 2.17. The maximum Gasteiger partial charge on any atom is 0.438 e. The lowest BCUT2D eigenvalue weighted by Crippen LogP contribution is -2.13. The highest BCUT2D eigenvalue weighted by Gasteiger charge is 2.05. The van der Waals surface area contributed by atoms with Crippen molar-refractivity contribution >= 4 is 12.3 Å². The van der Waals surface area contributed by atoms with Crippen molar-refractivity contribution in [3.8, 4) is 5.75 Å². The summed E-state index contributed by atoms with van der Waals surface area (Å²) >= 11 is 0. The van der Waals surface area contributed by atoms with Crippen LogP contribution in [0.1, 0.15) is 19.8 Å². The monoisotopic (exact) mass is 235 g/mol. The summed E-state index contributed by atoms with van der Waals surface area (Å²) in [4.78, 5) is 15.1. The molecule has 4 heteroatoms. The average Bonchev–Trinajstić information content (AvgIpc) is 2.35. The SMILES string of the molecule is CCCC(/C=N\C(=O)Oc1ccccc1)OC. The molecule has 4 nitrogen and oxygen atoms in total. The Morgan fingerprint density at radius 1 is 1.41 bits per heavy atom. The molecule has 0 aliphatic carbocycles. The number of methoxy groups -OCH3 is 1. The Morgan fingerprint density at radius 3 is 2.71 bits per heavy atom. The highest BCUT2D eigenvalue weighted by molar-refractivity contribution is 5.82. The van der Waals surface area contributed by atoms with Gasteiger partial charge in [0.15, 0.2) is 0 Å². The van der Waals surface area contributed by atoms with Gasteiger partial charge in [-0.25, -0.2) is 4.79 Å². The van der Waals surface area contributed by atoms with Crippen molar-refractivity contribution in [2.75, 3.05) is 7.11 Å². The largest absolute Gasteiger partial charge is 0.438 e. The molecule has 0 radical (unpaired) electrons. The zero-order chi connectivity index (χ0) is 12.5. The summed E-state index contributed by atoms with van der Waals surface area (Å²) in [5.74, 6) is 0.485. The fraction of sp³-hybridized carbons (Fsp3) is 0.385. The van der Waals surface area contributed by atoms with Crippen LogP contribution in [-0.4, -0.2) is 25.5 Å². The van der Waals surface area contributed by atoms with E-state index in [-0.39, 0.29) is 6.10 Å². The second-order valence-electron chi connectivity index (χ2n) is 3.52. The van der Waals surface area contributed by atoms with E-state index in [1.54, 1.807) is 31.4 Å². The Balaban J connectivity index is 2.46. The van der Waals surface area contributed by atoms with Crippen molar-refractivity contribution in [2.45, 2.75) is 25.9 Å². The minimum atomic E-state index is -0.630.